The van der Waals surface area contributed by atoms with Gasteiger partial charge in [0.15, 0.2) is 6.61 Å². The van der Waals surface area contributed by atoms with E-state index in [4.69, 9.17) is 15.9 Å². The summed E-state index contributed by atoms with van der Waals surface area (Å²) < 4.78 is 19.6. The van der Waals surface area contributed by atoms with Gasteiger partial charge in [0.05, 0.1) is 11.7 Å². The molecular formula is C12H15ClN2O2S. The Kier molecular flexibility index (Phi) is 3.98. The molecule has 0 unspecified atom stereocenters. The Balaban J connectivity index is 0.00000120. The van der Waals surface area contributed by atoms with Crippen LogP contribution in [0.4, 0.5) is 0 Å². The van der Waals surface area contributed by atoms with Gasteiger partial charge in [-0.2, -0.15) is 0 Å². The molecule has 3 rings (SSSR count). The molecule has 0 radical (unpaired) electrons. The highest BCUT2D eigenvalue weighted by molar-refractivity contribution is 6.99. The van der Waals surface area contributed by atoms with Gasteiger partial charge >= 0.3 is 0 Å². The number of hydrogen-bond acceptors (Lipinski definition) is 5. The minimum Gasteiger partial charge on any atom is -0.467 e. The molecule has 18 heavy (non-hydrogen) atoms. The highest BCUT2D eigenvalue weighted by Crippen LogP contribution is 2.50. The molecule has 1 aromatic heterocycles. The van der Waals surface area contributed by atoms with Crippen LogP contribution in [0, 0.1) is 18.3 Å². The summed E-state index contributed by atoms with van der Waals surface area (Å²) >= 11 is 1.10. The lowest BCUT2D eigenvalue weighted by Gasteiger charge is -2.26. The number of fused-ring (bicyclic) bond motifs is 2. The van der Waals surface area contributed by atoms with Crippen molar-refractivity contribution >= 4 is 24.1 Å². The Labute approximate surface area is 117 Å². The third-order valence-corrected chi connectivity index (χ3v) is 4.21. The zero-order valence-corrected chi connectivity index (χ0v) is 11.6. The molecule has 0 saturated heterocycles. The van der Waals surface area contributed by atoms with Gasteiger partial charge in [0.25, 0.3) is 11.8 Å². The van der Waals surface area contributed by atoms with Crippen LogP contribution in [0.3, 0.4) is 0 Å². The molecule has 2 bridgehead atoms. The van der Waals surface area contributed by atoms with Crippen molar-refractivity contribution in [3.8, 4) is 24.1 Å². The van der Waals surface area contributed by atoms with Crippen molar-refractivity contribution in [2.75, 3.05) is 6.61 Å². The van der Waals surface area contributed by atoms with Crippen LogP contribution >= 0.6 is 24.1 Å². The number of aromatic nitrogens is 2. The van der Waals surface area contributed by atoms with E-state index in [-0.39, 0.29) is 24.6 Å². The average Bonchev–Trinajstić information content (AvgIpc) is 3.02. The minimum absolute atomic E-state index is 0. The van der Waals surface area contributed by atoms with Crippen molar-refractivity contribution in [2.45, 2.75) is 37.7 Å². The van der Waals surface area contributed by atoms with E-state index in [1.54, 1.807) is 0 Å². The van der Waals surface area contributed by atoms with Crippen LogP contribution in [0.2, 0.25) is 0 Å². The average molecular weight is 287 g/mol. The minimum atomic E-state index is -0.00528. The third kappa shape index (κ3) is 2.40. The smallest absolute Gasteiger partial charge is 0.292 e. The van der Waals surface area contributed by atoms with Crippen LogP contribution in [-0.4, -0.2) is 21.0 Å². The van der Waals surface area contributed by atoms with Crippen molar-refractivity contribution < 1.29 is 9.47 Å². The second kappa shape index (κ2) is 5.33. The Hall–Kier alpha value is -0.990. The summed E-state index contributed by atoms with van der Waals surface area (Å²) in [5, 5.41) is 0. The topological polar surface area (TPSA) is 44.2 Å². The van der Waals surface area contributed by atoms with Crippen molar-refractivity contribution in [3.05, 3.63) is 0 Å². The molecule has 4 nitrogen and oxygen atoms in total. The van der Waals surface area contributed by atoms with Crippen molar-refractivity contribution in [2.24, 2.45) is 5.92 Å². The first-order chi connectivity index (χ1) is 8.31. The second-order valence-electron chi connectivity index (χ2n) is 4.80. The second-order valence-corrected chi connectivity index (χ2v) is 5.33. The summed E-state index contributed by atoms with van der Waals surface area (Å²) in [5.41, 5.74) is -0.00528. The maximum Gasteiger partial charge on any atom is 0.292 e. The maximum absolute atomic E-state index is 6.07. The first-order valence-electron chi connectivity index (χ1n) is 5.89. The quantitative estimate of drug-likeness (QED) is 0.798. The molecule has 6 heteroatoms. The zero-order valence-electron chi connectivity index (χ0n) is 9.92. The van der Waals surface area contributed by atoms with E-state index in [0.717, 1.165) is 36.9 Å². The monoisotopic (exact) mass is 286 g/mol. The number of halogens is 1. The van der Waals surface area contributed by atoms with Crippen LogP contribution in [0.5, 0.6) is 11.8 Å². The van der Waals surface area contributed by atoms with Crippen molar-refractivity contribution in [3.63, 3.8) is 0 Å². The lowest BCUT2D eigenvalue weighted by Crippen LogP contribution is -2.30. The van der Waals surface area contributed by atoms with E-state index < -0.39 is 0 Å². The van der Waals surface area contributed by atoms with Gasteiger partial charge in [-0.1, -0.05) is 5.92 Å². The number of rotatable bonds is 4. The molecular weight excluding hydrogens is 272 g/mol. The van der Waals surface area contributed by atoms with Crippen LogP contribution < -0.4 is 9.47 Å². The van der Waals surface area contributed by atoms with Gasteiger partial charge < -0.3 is 9.47 Å². The van der Waals surface area contributed by atoms with Crippen LogP contribution in [0.1, 0.15) is 32.1 Å². The number of ether oxygens (including phenoxy) is 2. The SMILES string of the molecule is C#CCOc1nsnc1OC12CCC(CC1)C2.Cl. The number of nitrogens with zero attached hydrogens (tertiary/aromatic N) is 2. The van der Waals surface area contributed by atoms with E-state index in [9.17, 15) is 0 Å². The molecule has 0 aromatic carbocycles. The third-order valence-electron chi connectivity index (χ3n) is 3.71. The van der Waals surface area contributed by atoms with Crippen LogP contribution in [0.25, 0.3) is 0 Å². The Morgan fingerprint density at radius 1 is 1.33 bits per heavy atom. The van der Waals surface area contributed by atoms with E-state index >= 15 is 0 Å². The molecule has 1 aromatic rings. The van der Waals surface area contributed by atoms with E-state index in [0.29, 0.717) is 11.8 Å². The Morgan fingerprint density at radius 3 is 2.67 bits per heavy atom. The summed E-state index contributed by atoms with van der Waals surface area (Å²) in [6.45, 7) is 0.206. The molecule has 0 aliphatic heterocycles. The predicted molar refractivity (Wildman–Crippen MR) is 71.4 cm³/mol. The summed E-state index contributed by atoms with van der Waals surface area (Å²) in [4.78, 5) is 0. The molecule has 0 spiro atoms. The van der Waals surface area contributed by atoms with Gasteiger partial charge in [-0.3, -0.25) is 0 Å². The van der Waals surface area contributed by atoms with Crippen molar-refractivity contribution in [1.82, 2.24) is 8.75 Å². The van der Waals surface area contributed by atoms with Gasteiger partial charge in [0.1, 0.15) is 5.60 Å². The Bertz CT molecular complexity index is 449. The fourth-order valence-electron chi connectivity index (χ4n) is 2.92. The largest absolute Gasteiger partial charge is 0.467 e. The first kappa shape index (κ1) is 13.4. The normalized spacial score (nSPS) is 28.5. The molecule has 2 saturated carbocycles. The molecule has 1 heterocycles. The van der Waals surface area contributed by atoms with E-state index in [1.165, 1.54) is 12.8 Å². The molecule has 98 valence electrons. The van der Waals surface area contributed by atoms with Gasteiger partial charge in [-0.15, -0.1) is 27.6 Å². The standard InChI is InChI=1S/C12H14N2O2S.ClH/c1-2-7-15-10-11(14-17-13-10)16-12-5-3-9(8-12)4-6-12;/h1,9H,3-8H2;1H. The molecule has 0 amide bonds. The van der Waals surface area contributed by atoms with Gasteiger partial charge in [-0.25, -0.2) is 0 Å². The lowest BCUT2D eigenvalue weighted by atomic mass is 9.97. The highest BCUT2D eigenvalue weighted by Gasteiger charge is 2.47. The molecule has 0 atom stereocenters. The van der Waals surface area contributed by atoms with E-state index in [2.05, 4.69) is 14.7 Å². The maximum atomic E-state index is 6.07. The van der Waals surface area contributed by atoms with Gasteiger partial charge in [0, 0.05) is 0 Å². The highest BCUT2D eigenvalue weighted by atomic mass is 35.5. The van der Waals surface area contributed by atoms with Crippen molar-refractivity contribution in [1.29, 1.82) is 0 Å². The summed E-state index contributed by atoms with van der Waals surface area (Å²) in [7, 11) is 0. The van der Waals surface area contributed by atoms with Crippen LogP contribution in [0.15, 0.2) is 0 Å². The zero-order chi connectivity index (χ0) is 11.7. The number of terminal acetylenes is 1. The summed E-state index contributed by atoms with van der Waals surface area (Å²) in [6, 6.07) is 0. The summed E-state index contributed by atoms with van der Waals surface area (Å²) in [6.07, 6.45) is 11.1. The van der Waals surface area contributed by atoms with E-state index in [1.807, 2.05) is 0 Å². The molecule has 2 fully saturated rings. The number of hydrogen-bond donors (Lipinski definition) is 0. The lowest BCUT2D eigenvalue weighted by molar-refractivity contribution is 0.0713. The van der Waals surface area contributed by atoms with Crippen LogP contribution in [-0.2, 0) is 0 Å². The molecule has 2 aliphatic rings. The molecule has 0 N–H and O–H groups in total. The Morgan fingerprint density at radius 2 is 2.06 bits per heavy atom. The predicted octanol–water partition coefficient (Wildman–Crippen LogP) is 2.68. The summed E-state index contributed by atoms with van der Waals surface area (Å²) in [5.74, 6) is 4.23. The van der Waals surface area contributed by atoms with Gasteiger partial charge in [0.2, 0.25) is 0 Å². The first-order valence-corrected chi connectivity index (χ1v) is 6.62. The fourth-order valence-corrected chi connectivity index (χ4v) is 3.36. The van der Waals surface area contributed by atoms with Gasteiger partial charge in [-0.05, 0) is 38.0 Å². The fraction of sp³-hybridized carbons (Fsp3) is 0.667. The molecule has 2 aliphatic carbocycles.